The summed E-state index contributed by atoms with van der Waals surface area (Å²) in [4.78, 5) is 39.7. The predicted octanol–water partition coefficient (Wildman–Crippen LogP) is 1.64. The summed E-state index contributed by atoms with van der Waals surface area (Å²) in [7, 11) is 0. The fourth-order valence-corrected chi connectivity index (χ4v) is 3.65. The Labute approximate surface area is 150 Å². The van der Waals surface area contributed by atoms with Crippen LogP contribution in [0.1, 0.15) is 36.1 Å². The van der Waals surface area contributed by atoms with Gasteiger partial charge >= 0.3 is 0 Å². The zero-order valence-corrected chi connectivity index (χ0v) is 15.4. The number of H-pyrrole nitrogens is 1. The summed E-state index contributed by atoms with van der Waals surface area (Å²) in [6, 6.07) is 1.89. The highest BCUT2D eigenvalue weighted by molar-refractivity contribution is 8.23. The minimum atomic E-state index is -0.161. The van der Waals surface area contributed by atoms with E-state index >= 15 is 0 Å². The highest BCUT2D eigenvalue weighted by Crippen LogP contribution is 2.19. The largest absolute Gasteiger partial charge is 0.352 e. The Balaban J connectivity index is 1.72. The van der Waals surface area contributed by atoms with E-state index in [0.29, 0.717) is 35.0 Å². The van der Waals surface area contributed by atoms with E-state index in [1.54, 1.807) is 4.90 Å². The molecule has 0 spiro atoms. The summed E-state index contributed by atoms with van der Waals surface area (Å²) < 4.78 is 0.624. The highest BCUT2D eigenvalue weighted by atomic mass is 32.2. The van der Waals surface area contributed by atoms with Crippen molar-refractivity contribution in [1.82, 2.24) is 15.2 Å². The second-order valence-electron chi connectivity index (χ2n) is 5.78. The van der Waals surface area contributed by atoms with E-state index in [-0.39, 0.29) is 23.9 Å². The molecule has 0 unspecified atom stereocenters. The van der Waals surface area contributed by atoms with Gasteiger partial charge in [0.15, 0.2) is 0 Å². The molecule has 1 aromatic rings. The molecule has 0 radical (unpaired) electrons. The van der Waals surface area contributed by atoms with Gasteiger partial charge in [-0.2, -0.15) is 0 Å². The molecular formula is C16H21N3O3S2. The van der Waals surface area contributed by atoms with Crippen LogP contribution in [0.2, 0.25) is 0 Å². The Morgan fingerprint density at radius 1 is 1.38 bits per heavy atom. The number of carbonyl (C=O) groups is 2. The normalized spacial score (nSPS) is 14.3. The molecule has 0 atom stereocenters. The molecule has 0 saturated carbocycles. The second-order valence-corrected chi connectivity index (χ2v) is 7.39. The monoisotopic (exact) mass is 367 g/mol. The van der Waals surface area contributed by atoms with Crippen molar-refractivity contribution in [1.29, 1.82) is 0 Å². The second kappa shape index (κ2) is 8.43. The first kappa shape index (κ1) is 18.7. The molecule has 2 rings (SSSR count). The Kier molecular flexibility index (Phi) is 6.56. The van der Waals surface area contributed by atoms with Crippen LogP contribution in [-0.2, 0) is 16.1 Å². The Morgan fingerprint density at radius 2 is 2.12 bits per heavy atom. The third-order valence-electron chi connectivity index (χ3n) is 3.83. The van der Waals surface area contributed by atoms with Gasteiger partial charge < -0.3 is 10.3 Å². The minimum absolute atomic E-state index is 0.0449. The van der Waals surface area contributed by atoms with Crippen LogP contribution in [0.25, 0.3) is 0 Å². The molecule has 1 aliphatic heterocycles. The van der Waals surface area contributed by atoms with Gasteiger partial charge in [-0.1, -0.05) is 24.0 Å². The molecule has 24 heavy (non-hydrogen) atoms. The number of thiocarbonyl (C=S) groups is 1. The fraction of sp³-hybridized carbons (Fsp3) is 0.500. The molecule has 2 N–H and O–H groups in total. The first-order valence-corrected chi connectivity index (χ1v) is 9.21. The lowest BCUT2D eigenvalue weighted by molar-refractivity contribution is -0.124. The lowest BCUT2D eigenvalue weighted by Gasteiger charge is -2.14. The summed E-state index contributed by atoms with van der Waals surface area (Å²) in [5.74, 6) is 0.367. The quantitative estimate of drug-likeness (QED) is 0.565. The maximum absolute atomic E-state index is 11.9. The number of hydrogen-bond donors (Lipinski definition) is 2. The lowest BCUT2D eigenvalue weighted by Crippen LogP contribution is -2.30. The molecule has 130 valence electrons. The zero-order valence-electron chi connectivity index (χ0n) is 13.8. The molecule has 1 fully saturated rings. The summed E-state index contributed by atoms with van der Waals surface area (Å²) in [6.45, 7) is 4.48. The van der Waals surface area contributed by atoms with E-state index in [9.17, 15) is 14.4 Å². The van der Waals surface area contributed by atoms with Crippen LogP contribution in [0.5, 0.6) is 0 Å². The average Bonchev–Trinajstić information content (AvgIpc) is 2.81. The molecule has 2 amide bonds. The Hall–Kier alpha value is -1.67. The Morgan fingerprint density at radius 3 is 2.75 bits per heavy atom. The average molecular weight is 367 g/mol. The van der Waals surface area contributed by atoms with E-state index in [2.05, 4.69) is 10.3 Å². The number of aryl methyl sites for hydroxylation is 2. The number of hydrogen-bond acceptors (Lipinski definition) is 5. The SMILES string of the molecule is Cc1cc(C)c(CNC(=O)CCCCN2C(=O)CSC2=S)c(=O)[nH]1. The number of pyridine rings is 1. The molecule has 1 saturated heterocycles. The van der Waals surface area contributed by atoms with Crippen LogP contribution in [0, 0.1) is 13.8 Å². The minimum Gasteiger partial charge on any atom is -0.352 e. The maximum atomic E-state index is 11.9. The molecule has 1 aromatic heterocycles. The van der Waals surface area contributed by atoms with Gasteiger partial charge in [0.1, 0.15) is 4.32 Å². The van der Waals surface area contributed by atoms with Crippen molar-refractivity contribution in [3.63, 3.8) is 0 Å². The third-order valence-corrected chi connectivity index (χ3v) is 5.26. The van der Waals surface area contributed by atoms with Crippen LogP contribution in [0.15, 0.2) is 10.9 Å². The van der Waals surface area contributed by atoms with Crippen LogP contribution in [-0.4, -0.2) is 38.3 Å². The number of unbranched alkanes of at least 4 members (excludes halogenated alkanes) is 1. The van der Waals surface area contributed by atoms with E-state index < -0.39 is 0 Å². The number of aromatic amines is 1. The summed E-state index contributed by atoms with van der Waals surface area (Å²) in [5.41, 5.74) is 2.10. The number of amides is 2. The van der Waals surface area contributed by atoms with Gasteiger partial charge in [0, 0.05) is 30.8 Å². The molecule has 8 heteroatoms. The van der Waals surface area contributed by atoms with Crippen LogP contribution >= 0.6 is 24.0 Å². The van der Waals surface area contributed by atoms with Gasteiger partial charge in [0.25, 0.3) is 5.56 Å². The van der Waals surface area contributed by atoms with Crippen molar-refractivity contribution in [2.24, 2.45) is 0 Å². The molecule has 0 aromatic carbocycles. The molecule has 1 aliphatic rings. The lowest BCUT2D eigenvalue weighted by atomic mass is 10.1. The number of carbonyl (C=O) groups excluding carboxylic acids is 2. The summed E-state index contributed by atoms with van der Waals surface area (Å²) in [5, 5.41) is 2.78. The maximum Gasteiger partial charge on any atom is 0.253 e. The van der Waals surface area contributed by atoms with Crippen molar-refractivity contribution < 1.29 is 9.59 Å². The van der Waals surface area contributed by atoms with Gasteiger partial charge in [0.2, 0.25) is 11.8 Å². The summed E-state index contributed by atoms with van der Waals surface area (Å²) in [6.07, 6.45) is 1.76. The smallest absolute Gasteiger partial charge is 0.253 e. The highest BCUT2D eigenvalue weighted by Gasteiger charge is 2.25. The van der Waals surface area contributed by atoms with Crippen LogP contribution in [0.3, 0.4) is 0 Å². The standard InChI is InChI=1S/C16H21N3O3S2/c1-10-7-11(2)18-15(22)12(10)8-17-13(20)5-3-4-6-19-14(21)9-24-16(19)23/h7H,3-6,8-9H2,1-2H3,(H,17,20)(H,18,22). The van der Waals surface area contributed by atoms with Crippen molar-refractivity contribution in [3.8, 4) is 0 Å². The topological polar surface area (TPSA) is 82.3 Å². The van der Waals surface area contributed by atoms with Gasteiger partial charge in [-0.15, -0.1) is 0 Å². The van der Waals surface area contributed by atoms with Crippen molar-refractivity contribution in [3.05, 3.63) is 33.2 Å². The number of aromatic nitrogens is 1. The molecule has 0 aliphatic carbocycles. The number of rotatable bonds is 7. The molecule has 2 heterocycles. The van der Waals surface area contributed by atoms with Gasteiger partial charge in [-0.05, 0) is 38.3 Å². The van der Waals surface area contributed by atoms with E-state index in [1.807, 2.05) is 19.9 Å². The van der Waals surface area contributed by atoms with Gasteiger partial charge in [-0.3, -0.25) is 19.3 Å². The van der Waals surface area contributed by atoms with E-state index in [0.717, 1.165) is 17.7 Å². The zero-order chi connectivity index (χ0) is 17.7. The summed E-state index contributed by atoms with van der Waals surface area (Å²) >= 11 is 6.49. The van der Waals surface area contributed by atoms with E-state index in [4.69, 9.17) is 12.2 Å². The van der Waals surface area contributed by atoms with Crippen LogP contribution in [0.4, 0.5) is 0 Å². The third kappa shape index (κ3) is 4.91. The Bertz CT molecular complexity index is 699. The van der Waals surface area contributed by atoms with Crippen molar-refractivity contribution in [2.45, 2.75) is 39.7 Å². The van der Waals surface area contributed by atoms with Gasteiger partial charge in [0.05, 0.1) is 5.75 Å². The predicted molar refractivity (Wildman–Crippen MR) is 99.0 cm³/mol. The van der Waals surface area contributed by atoms with Crippen molar-refractivity contribution in [2.75, 3.05) is 12.3 Å². The number of nitrogens with one attached hydrogen (secondary N) is 2. The van der Waals surface area contributed by atoms with E-state index in [1.165, 1.54) is 11.8 Å². The van der Waals surface area contributed by atoms with Crippen LogP contribution < -0.4 is 10.9 Å². The first-order chi connectivity index (χ1) is 11.4. The number of thioether (sulfide) groups is 1. The molecular weight excluding hydrogens is 346 g/mol. The molecule has 0 bridgehead atoms. The number of nitrogens with zero attached hydrogens (tertiary/aromatic N) is 1. The first-order valence-electron chi connectivity index (χ1n) is 7.81. The van der Waals surface area contributed by atoms with Crippen molar-refractivity contribution >= 4 is 40.1 Å². The van der Waals surface area contributed by atoms with Gasteiger partial charge in [-0.25, -0.2) is 0 Å². The fourth-order valence-electron chi connectivity index (χ4n) is 2.53. The molecule has 6 nitrogen and oxygen atoms in total.